The zero-order valence-corrected chi connectivity index (χ0v) is 10.8. The van der Waals surface area contributed by atoms with Crippen LogP contribution in [0.25, 0.3) is 0 Å². The first kappa shape index (κ1) is 13.7. The van der Waals surface area contributed by atoms with E-state index in [1.165, 1.54) is 0 Å². The first-order chi connectivity index (χ1) is 8.68. The highest BCUT2D eigenvalue weighted by atomic mass is 35.5. The van der Waals surface area contributed by atoms with Crippen molar-refractivity contribution >= 4 is 11.6 Å². The maximum atomic E-state index is 12.8. The van der Waals surface area contributed by atoms with E-state index in [9.17, 15) is 8.78 Å². The summed E-state index contributed by atoms with van der Waals surface area (Å²) >= 11 is 6.13. The predicted octanol–water partition coefficient (Wildman–Crippen LogP) is 2.94. The predicted molar refractivity (Wildman–Crippen MR) is 69.3 cm³/mol. The zero-order valence-electron chi connectivity index (χ0n) is 10.1. The molecule has 1 atom stereocenters. The number of benzene rings is 1. The molecule has 1 saturated heterocycles. The number of alkyl halides is 2. The Morgan fingerprint density at radius 1 is 1.22 bits per heavy atom. The molecule has 1 aliphatic rings. The molecule has 1 N–H and O–H groups in total. The van der Waals surface area contributed by atoms with Crippen molar-refractivity contribution in [2.24, 2.45) is 0 Å². The van der Waals surface area contributed by atoms with Gasteiger partial charge in [-0.3, -0.25) is 4.90 Å². The third-order valence-corrected chi connectivity index (χ3v) is 3.60. The van der Waals surface area contributed by atoms with Crippen LogP contribution >= 0.6 is 11.6 Å². The second kappa shape index (κ2) is 6.45. The fourth-order valence-corrected chi connectivity index (χ4v) is 2.64. The van der Waals surface area contributed by atoms with Gasteiger partial charge in [0.2, 0.25) is 6.43 Å². The molecule has 0 spiro atoms. The van der Waals surface area contributed by atoms with Crippen molar-refractivity contribution in [1.82, 2.24) is 10.2 Å². The Labute approximate surface area is 111 Å². The number of piperazine rings is 1. The molecule has 0 unspecified atom stereocenters. The number of rotatable bonds is 4. The highest BCUT2D eigenvalue weighted by Gasteiger charge is 2.26. The van der Waals surface area contributed by atoms with E-state index in [-0.39, 0.29) is 12.5 Å². The largest absolute Gasteiger partial charge is 0.314 e. The number of hydrogen-bond acceptors (Lipinski definition) is 2. The lowest BCUT2D eigenvalue weighted by Crippen LogP contribution is -2.45. The standard InChI is InChI=1S/C13H17ClF2N2/c14-11-4-2-1-3-10(11)12(9-13(15)16)18-7-5-17-6-8-18/h1-4,12-13,17H,5-9H2/t12-/m0/s1. The van der Waals surface area contributed by atoms with Gasteiger partial charge in [-0.25, -0.2) is 8.78 Å². The lowest BCUT2D eigenvalue weighted by Gasteiger charge is -2.35. The summed E-state index contributed by atoms with van der Waals surface area (Å²) in [6.45, 7) is 3.24. The Morgan fingerprint density at radius 2 is 1.89 bits per heavy atom. The van der Waals surface area contributed by atoms with Crippen LogP contribution in [0.2, 0.25) is 5.02 Å². The first-order valence-electron chi connectivity index (χ1n) is 6.16. The van der Waals surface area contributed by atoms with Gasteiger partial charge in [-0.1, -0.05) is 29.8 Å². The Balaban J connectivity index is 2.21. The van der Waals surface area contributed by atoms with Crippen LogP contribution in [-0.4, -0.2) is 37.5 Å². The molecule has 2 rings (SSSR count). The van der Waals surface area contributed by atoms with Gasteiger partial charge < -0.3 is 5.32 Å². The lowest BCUT2D eigenvalue weighted by molar-refractivity contribution is 0.0739. The van der Waals surface area contributed by atoms with Crippen LogP contribution in [-0.2, 0) is 0 Å². The molecule has 0 aromatic heterocycles. The maximum absolute atomic E-state index is 12.8. The second-order valence-corrected chi connectivity index (χ2v) is 4.86. The topological polar surface area (TPSA) is 15.3 Å². The van der Waals surface area contributed by atoms with Crippen molar-refractivity contribution in [3.63, 3.8) is 0 Å². The van der Waals surface area contributed by atoms with Gasteiger partial charge in [-0.05, 0) is 11.6 Å². The van der Waals surface area contributed by atoms with Gasteiger partial charge in [0.05, 0.1) is 0 Å². The molecule has 1 aromatic rings. The molecule has 0 aliphatic carbocycles. The van der Waals surface area contributed by atoms with Crippen LogP contribution in [0, 0.1) is 0 Å². The Morgan fingerprint density at radius 3 is 2.50 bits per heavy atom. The first-order valence-corrected chi connectivity index (χ1v) is 6.53. The molecule has 1 heterocycles. The van der Waals surface area contributed by atoms with Crippen LogP contribution in [0.3, 0.4) is 0 Å². The Bertz CT molecular complexity index is 381. The van der Waals surface area contributed by atoms with Gasteiger partial charge in [-0.15, -0.1) is 0 Å². The van der Waals surface area contributed by atoms with Crippen LogP contribution in [0.4, 0.5) is 8.78 Å². The molecule has 0 radical (unpaired) electrons. The molecule has 1 aliphatic heterocycles. The van der Waals surface area contributed by atoms with Crippen molar-refractivity contribution in [2.45, 2.75) is 18.9 Å². The summed E-state index contributed by atoms with van der Waals surface area (Å²) in [5.74, 6) is 0. The van der Waals surface area contributed by atoms with E-state index in [4.69, 9.17) is 11.6 Å². The fraction of sp³-hybridized carbons (Fsp3) is 0.538. The van der Waals surface area contributed by atoms with Gasteiger partial charge in [0.25, 0.3) is 0 Å². The molecule has 100 valence electrons. The van der Waals surface area contributed by atoms with Crippen molar-refractivity contribution in [3.05, 3.63) is 34.9 Å². The summed E-state index contributed by atoms with van der Waals surface area (Å²) in [6, 6.07) is 6.99. The summed E-state index contributed by atoms with van der Waals surface area (Å²) in [7, 11) is 0. The molecule has 0 amide bonds. The van der Waals surface area contributed by atoms with Crippen molar-refractivity contribution in [3.8, 4) is 0 Å². The Kier molecular flexibility index (Phi) is 4.92. The van der Waals surface area contributed by atoms with Gasteiger partial charge in [0.1, 0.15) is 0 Å². The zero-order chi connectivity index (χ0) is 13.0. The minimum atomic E-state index is -2.32. The van der Waals surface area contributed by atoms with Gasteiger partial charge in [0, 0.05) is 43.7 Å². The molecule has 1 aromatic carbocycles. The summed E-state index contributed by atoms with van der Waals surface area (Å²) in [5, 5.41) is 3.80. The summed E-state index contributed by atoms with van der Waals surface area (Å²) in [6.07, 6.45) is -2.48. The van der Waals surface area contributed by atoms with E-state index < -0.39 is 6.43 Å². The van der Waals surface area contributed by atoms with E-state index in [1.807, 2.05) is 18.2 Å². The smallest absolute Gasteiger partial charge is 0.240 e. The summed E-state index contributed by atoms with van der Waals surface area (Å²) < 4.78 is 25.5. The SMILES string of the molecule is FC(F)C[C@@H](c1ccccc1Cl)N1CCNCC1. The van der Waals surface area contributed by atoms with Gasteiger partial charge in [-0.2, -0.15) is 0 Å². The summed E-state index contributed by atoms with van der Waals surface area (Å²) in [5.41, 5.74) is 0.807. The molecule has 5 heteroatoms. The highest BCUT2D eigenvalue weighted by Crippen LogP contribution is 2.32. The molecule has 2 nitrogen and oxygen atoms in total. The summed E-state index contributed by atoms with van der Waals surface area (Å²) in [4.78, 5) is 2.09. The van der Waals surface area contributed by atoms with Gasteiger partial charge in [0.15, 0.2) is 0 Å². The maximum Gasteiger partial charge on any atom is 0.240 e. The van der Waals surface area contributed by atoms with Crippen molar-refractivity contribution in [1.29, 1.82) is 0 Å². The number of nitrogens with one attached hydrogen (secondary N) is 1. The molecular weight excluding hydrogens is 258 g/mol. The minimum absolute atomic E-state index is 0.163. The van der Waals surface area contributed by atoms with Gasteiger partial charge >= 0.3 is 0 Å². The Hall–Kier alpha value is -0.710. The number of halogens is 3. The van der Waals surface area contributed by atoms with Crippen LogP contribution in [0.15, 0.2) is 24.3 Å². The van der Waals surface area contributed by atoms with Crippen LogP contribution in [0.5, 0.6) is 0 Å². The third kappa shape index (κ3) is 3.40. The van der Waals surface area contributed by atoms with Crippen molar-refractivity contribution in [2.75, 3.05) is 26.2 Å². The average Bonchev–Trinajstić information content (AvgIpc) is 2.38. The van der Waals surface area contributed by atoms with E-state index in [2.05, 4.69) is 10.2 Å². The fourth-order valence-electron chi connectivity index (χ4n) is 2.38. The monoisotopic (exact) mass is 274 g/mol. The second-order valence-electron chi connectivity index (χ2n) is 4.45. The molecular formula is C13H17ClF2N2. The van der Waals surface area contributed by atoms with E-state index in [0.29, 0.717) is 5.02 Å². The van der Waals surface area contributed by atoms with E-state index in [0.717, 1.165) is 31.7 Å². The quantitative estimate of drug-likeness (QED) is 0.908. The number of nitrogens with zero attached hydrogens (tertiary/aromatic N) is 1. The minimum Gasteiger partial charge on any atom is -0.314 e. The molecule has 1 fully saturated rings. The molecule has 18 heavy (non-hydrogen) atoms. The molecule has 0 saturated carbocycles. The third-order valence-electron chi connectivity index (χ3n) is 3.26. The van der Waals surface area contributed by atoms with Crippen molar-refractivity contribution < 1.29 is 8.78 Å². The lowest BCUT2D eigenvalue weighted by atomic mass is 10.0. The van der Waals surface area contributed by atoms with E-state index >= 15 is 0 Å². The van der Waals surface area contributed by atoms with Crippen LogP contribution in [0.1, 0.15) is 18.0 Å². The van der Waals surface area contributed by atoms with E-state index in [1.54, 1.807) is 6.07 Å². The van der Waals surface area contributed by atoms with Crippen LogP contribution < -0.4 is 5.32 Å². The highest BCUT2D eigenvalue weighted by molar-refractivity contribution is 6.31. The molecule has 0 bridgehead atoms. The normalized spacial score (nSPS) is 19.1. The average molecular weight is 275 g/mol. The number of hydrogen-bond donors (Lipinski definition) is 1.